The number of furan rings is 1. The van der Waals surface area contributed by atoms with E-state index in [9.17, 15) is 4.79 Å². The number of aryl methyl sites for hydroxylation is 1. The van der Waals surface area contributed by atoms with E-state index in [4.69, 9.17) is 21.3 Å². The average Bonchev–Trinajstić information content (AvgIpc) is 3.46. The van der Waals surface area contributed by atoms with Crippen LogP contribution in [0.15, 0.2) is 83.3 Å². The van der Waals surface area contributed by atoms with Crippen LogP contribution in [0.1, 0.15) is 63.7 Å². The third-order valence-electron chi connectivity index (χ3n) is 7.58. The Morgan fingerprint density at radius 3 is 2.62 bits per heavy atom. The summed E-state index contributed by atoms with van der Waals surface area (Å²) >= 11 is 6.49. The maximum atomic E-state index is 13.4. The summed E-state index contributed by atoms with van der Waals surface area (Å²) in [4.78, 5) is 13.4. The SMILES string of the molecule is Cc1ccc([C@@H](C)NCc2ccc(-c3ccc(Cl)c(C(=O)N[C@H]4CNCC[C@@H]4c4ccc(C#N)cc4)c3)o2)cc1. The van der Waals surface area contributed by atoms with E-state index >= 15 is 0 Å². The number of amides is 1. The molecular formula is C33H33ClN4O2. The van der Waals surface area contributed by atoms with Crippen molar-refractivity contribution < 1.29 is 9.21 Å². The highest BCUT2D eigenvalue weighted by molar-refractivity contribution is 6.34. The van der Waals surface area contributed by atoms with E-state index in [1.54, 1.807) is 12.1 Å². The fourth-order valence-electron chi connectivity index (χ4n) is 5.17. The molecule has 0 unspecified atom stereocenters. The van der Waals surface area contributed by atoms with Gasteiger partial charge in [0.2, 0.25) is 0 Å². The minimum atomic E-state index is -0.223. The Morgan fingerprint density at radius 1 is 1.10 bits per heavy atom. The van der Waals surface area contributed by atoms with Gasteiger partial charge in [-0.05, 0) is 80.4 Å². The normalized spacial score (nSPS) is 17.6. The van der Waals surface area contributed by atoms with E-state index in [1.165, 1.54) is 11.1 Å². The van der Waals surface area contributed by atoms with Crippen molar-refractivity contribution in [3.05, 3.63) is 117 Å². The summed E-state index contributed by atoms with van der Waals surface area (Å²) in [7, 11) is 0. The maximum Gasteiger partial charge on any atom is 0.253 e. The molecule has 6 nitrogen and oxygen atoms in total. The Hall–Kier alpha value is -3.89. The number of halogens is 1. The van der Waals surface area contributed by atoms with Gasteiger partial charge in [-0.3, -0.25) is 4.79 Å². The molecule has 1 aliphatic heterocycles. The van der Waals surface area contributed by atoms with Crippen molar-refractivity contribution >= 4 is 17.5 Å². The Labute approximate surface area is 240 Å². The first-order chi connectivity index (χ1) is 19.4. The van der Waals surface area contributed by atoms with E-state index < -0.39 is 0 Å². The molecule has 5 rings (SSSR count). The fraction of sp³-hybridized carbons (Fsp3) is 0.273. The van der Waals surface area contributed by atoms with Crippen molar-refractivity contribution in [1.29, 1.82) is 5.26 Å². The van der Waals surface area contributed by atoms with Crippen LogP contribution in [-0.4, -0.2) is 25.0 Å². The molecule has 3 N–H and O–H groups in total. The molecule has 1 saturated heterocycles. The number of nitriles is 1. The summed E-state index contributed by atoms with van der Waals surface area (Å²) in [6, 6.07) is 27.6. The van der Waals surface area contributed by atoms with Gasteiger partial charge in [0.1, 0.15) is 11.5 Å². The van der Waals surface area contributed by atoms with Crippen LogP contribution in [0, 0.1) is 18.3 Å². The molecule has 4 aromatic rings. The molecule has 0 radical (unpaired) electrons. The van der Waals surface area contributed by atoms with Crippen LogP contribution in [0.2, 0.25) is 5.02 Å². The van der Waals surface area contributed by atoms with Gasteiger partial charge in [0.05, 0.1) is 28.8 Å². The highest BCUT2D eigenvalue weighted by atomic mass is 35.5. The number of benzene rings is 3. The van der Waals surface area contributed by atoms with Gasteiger partial charge < -0.3 is 20.4 Å². The van der Waals surface area contributed by atoms with Gasteiger partial charge in [0.15, 0.2) is 0 Å². The first-order valence-corrected chi connectivity index (χ1v) is 14.0. The minimum Gasteiger partial charge on any atom is -0.460 e. The Kier molecular flexibility index (Phi) is 8.66. The zero-order valence-electron chi connectivity index (χ0n) is 22.7. The first kappa shape index (κ1) is 27.7. The molecule has 40 heavy (non-hydrogen) atoms. The molecule has 1 aromatic heterocycles. The van der Waals surface area contributed by atoms with E-state index in [1.807, 2.05) is 42.5 Å². The van der Waals surface area contributed by atoms with Crippen molar-refractivity contribution in [2.45, 2.75) is 44.8 Å². The van der Waals surface area contributed by atoms with Crippen LogP contribution in [0.3, 0.4) is 0 Å². The van der Waals surface area contributed by atoms with Gasteiger partial charge >= 0.3 is 0 Å². The summed E-state index contributed by atoms with van der Waals surface area (Å²) < 4.78 is 6.12. The highest BCUT2D eigenvalue weighted by Crippen LogP contribution is 2.29. The lowest BCUT2D eigenvalue weighted by atomic mass is 9.85. The molecule has 1 amide bonds. The topological polar surface area (TPSA) is 90.1 Å². The van der Waals surface area contributed by atoms with Crippen LogP contribution in [0.5, 0.6) is 0 Å². The monoisotopic (exact) mass is 552 g/mol. The summed E-state index contributed by atoms with van der Waals surface area (Å²) in [5, 5.41) is 19.6. The lowest BCUT2D eigenvalue weighted by molar-refractivity contribution is 0.0924. The molecule has 2 heterocycles. The van der Waals surface area contributed by atoms with E-state index in [-0.39, 0.29) is 23.9 Å². The predicted molar refractivity (Wildman–Crippen MR) is 158 cm³/mol. The molecule has 0 spiro atoms. The van der Waals surface area contributed by atoms with Crippen LogP contribution in [0.4, 0.5) is 0 Å². The molecule has 3 aromatic carbocycles. The predicted octanol–water partition coefficient (Wildman–Crippen LogP) is 6.51. The third kappa shape index (κ3) is 6.46. The number of nitrogens with one attached hydrogen (secondary N) is 3. The average molecular weight is 553 g/mol. The quantitative estimate of drug-likeness (QED) is 0.232. The Balaban J connectivity index is 1.26. The molecule has 0 bridgehead atoms. The number of carbonyl (C=O) groups excluding carboxylic acids is 1. The van der Waals surface area contributed by atoms with Crippen molar-refractivity contribution in [1.82, 2.24) is 16.0 Å². The Bertz CT molecular complexity index is 1500. The standard InChI is InChI=1S/C33H33ClN4O2/c1-21-3-7-24(8-4-21)22(2)37-19-27-12-14-32(40-27)26-11-13-30(34)29(17-26)33(39)38-31-20-36-16-15-28(31)25-9-5-23(18-35)6-10-25/h3-14,17,22,28,31,36-37H,15-16,19-20H2,1-2H3,(H,38,39)/t22-,28-,31+/m1/s1. The number of hydrogen-bond donors (Lipinski definition) is 3. The second-order valence-electron chi connectivity index (χ2n) is 10.4. The molecule has 204 valence electrons. The molecule has 3 atom stereocenters. The van der Waals surface area contributed by atoms with E-state index in [0.29, 0.717) is 35.0 Å². The second-order valence-corrected chi connectivity index (χ2v) is 10.8. The molecule has 1 fully saturated rings. The number of rotatable bonds is 8. The number of piperidine rings is 1. The zero-order chi connectivity index (χ0) is 28.1. The second kappa shape index (κ2) is 12.5. The summed E-state index contributed by atoms with van der Waals surface area (Å²) in [5.74, 6) is 1.41. The maximum absolute atomic E-state index is 13.4. The van der Waals surface area contributed by atoms with Gasteiger partial charge in [-0.1, -0.05) is 53.6 Å². The largest absolute Gasteiger partial charge is 0.460 e. The fourth-order valence-corrected chi connectivity index (χ4v) is 5.37. The third-order valence-corrected chi connectivity index (χ3v) is 7.91. The molecule has 0 aliphatic carbocycles. The van der Waals surface area contributed by atoms with Crippen molar-refractivity contribution in [2.75, 3.05) is 13.1 Å². The summed E-state index contributed by atoms with van der Waals surface area (Å²) in [6.07, 6.45) is 0.885. The molecule has 0 saturated carbocycles. The van der Waals surface area contributed by atoms with Crippen molar-refractivity contribution in [3.8, 4) is 17.4 Å². The number of carbonyl (C=O) groups is 1. The molecule has 1 aliphatic rings. The highest BCUT2D eigenvalue weighted by Gasteiger charge is 2.28. The van der Waals surface area contributed by atoms with Gasteiger partial charge in [-0.25, -0.2) is 0 Å². The van der Waals surface area contributed by atoms with Crippen molar-refractivity contribution in [3.63, 3.8) is 0 Å². The summed E-state index contributed by atoms with van der Waals surface area (Å²) in [6.45, 7) is 6.32. The number of nitrogens with zero attached hydrogens (tertiary/aromatic N) is 1. The minimum absolute atomic E-state index is 0.106. The molecular weight excluding hydrogens is 520 g/mol. The lowest BCUT2D eigenvalue weighted by Crippen LogP contribution is -2.50. The number of hydrogen-bond acceptors (Lipinski definition) is 5. The van der Waals surface area contributed by atoms with Crippen molar-refractivity contribution in [2.24, 2.45) is 0 Å². The Morgan fingerprint density at radius 2 is 1.88 bits per heavy atom. The van der Waals surface area contributed by atoms with Crippen LogP contribution >= 0.6 is 11.6 Å². The van der Waals surface area contributed by atoms with Gasteiger partial charge in [0.25, 0.3) is 5.91 Å². The van der Waals surface area contributed by atoms with Crippen LogP contribution in [-0.2, 0) is 6.54 Å². The van der Waals surface area contributed by atoms with Gasteiger partial charge in [0, 0.05) is 30.1 Å². The van der Waals surface area contributed by atoms with Crippen LogP contribution in [0.25, 0.3) is 11.3 Å². The zero-order valence-corrected chi connectivity index (χ0v) is 23.5. The summed E-state index contributed by atoms with van der Waals surface area (Å²) in [5.41, 5.74) is 5.40. The van der Waals surface area contributed by atoms with Gasteiger partial charge in [-0.2, -0.15) is 5.26 Å². The first-order valence-electron chi connectivity index (χ1n) is 13.6. The van der Waals surface area contributed by atoms with E-state index in [2.05, 4.69) is 60.1 Å². The molecule has 7 heteroatoms. The lowest BCUT2D eigenvalue weighted by Gasteiger charge is -2.33. The van der Waals surface area contributed by atoms with Gasteiger partial charge in [-0.15, -0.1) is 0 Å². The van der Waals surface area contributed by atoms with E-state index in [0.717, 1.165) is 29.9 Å². The smallest absolute Gasteiger partial charge is 0.253 e. The van der Waals surface area contributed by atoms with Crippen LogP contribution < -0.4 is 16.0 Å².